The Labute approximate surface area is 152 Å². The van der Waals surface area contributed by atoms with E-state index in [9.17, 15) is 19.7 Å². The predicted molar refractivity (Wildman–Crippen MR) is 98.4 cm³/mol. The second kappa shape index (κ2) is 7.75. The van der Waals surface area contributed by atoms with E-state index in [2.05, 4.69) is 9.97 Å². The molecular weight excluding hydrogens is 354 g/mol. The van der Waals surface area contributed by atoms with E-state index in [1.165, 1.54) is 30.3 Å². The number of nitrogens with zero attached hydrogens (tertiary/aromatic N) is 2. The van der Waals surface area contributed by atoms with E-state index in [1.54, 1.807) is 0 Å². The second-order valence-electron chi connectivity index (χ2n) is 5.32. The normalized spacial score (nSPS) is 10.5. The molecule has 0 aliphatic carbocycles. The number of nitro groups is 1. The van der Waals surface area contributed by atoms with Crippen LogP contribution in [-0.2, 0) is 0 Å². The zero-order valence-electron chi connectivity index (χ0n) is 13.4. The first-order valence-corrected chi connectivity index (χ1v) is 8.59. The van der Waals surface area contributed by atoms with Gasteiger partial charge < -0.3 is 4.98 Å². The van der Waals surface area contributed by atoms with Gasteiger partial charge in [0.15, 0.2) is 10.9 Å². The molecule has 0 bridgehead atoms. The van der Waals surface area contributed by atoms with Crippen molar-refractivity contribution in [3.8, 4) is 11.3 Å². The number of ketones is 1. The summed E-state index contributed by atoms with van der Waals surface area (Å²) in [5.74, 6) is -0.156. The number of H-pyrrole nitrogens is 1. The molecule has 3 rings (SSSR count). The summed E-state index contributed by atoms with van der Waals surface area (Å²) in [5, 5.41) is 11.0. The van der Waals surface area contributed by atoms with E-state index in [4.69, 9.17) is 0 Å². The maximum atomic E-state index is 12.2. The zero-order chi connectivity index (χ0) is 18.5. The number of nitro benzene ring substituents is 1. The largest absolute Gasteiger partial charge is 0.301 e. The minimum atomic E-state index is -0.521. The highest BCUT2D eigenvalue weighted by atomic mass is 32.2. The van der Waals surface area contributed by atoms with Crippen molar-refractivity contribution in [3.63, 3.8) is 0 Å². The fraction of sp³-hybridized carbons (Fsp3) is 0.0556. The molecule has 130 valence electrons. The molecule has 7 nitrogen and oxygen atoms in total. The van der Waals surface area contributed by atoms with Crippen molar-refractivity contribution < 1.29 is 9.72 Å². The van der Waals surface area contributed by atoms with E-state index < -0.39 is 4.92 Å². The maximum absolute atomic E-state index is 12.2. The van der Waals surface area contributed by atoms with Crippen molar-refractivity contribution in [3.05, 3.63) is 86.7 Å². The Balaban J connectivity index is 1.73. The van der Waals surface area contributed by atoms with Crippen molar-refractivity contribution in [2.24, 2.45) is 0 Å². The van der Waals surface area contributed by atoms with Crippen LogP contribution in [0.15, 0.2) is 70.6 Å². The molecule has 0 aliphatic rings. The molecule has 26 heavy (non-hydrogen) atoms. The van der Waals surface area contributed by atoms with Crippen molar-refractivity contribution in [1.29, 1.82) is 0 Å². The number of non-ortho nitro benzene ring substituents is 1. The molecule has 0 saturated heterocycles. The first kappa shape index (κ1) is 17.6. The number of aromatic nitrogens is 2. The second-order valence-corrected chi connectivity index (χ2v) is 6.28. The highest BCUT2D eigenvalue weighted by Crippen LogP contribution is 2.20. The van der Waals surface area contributed by atoms with Crippen molar-refractivity contribution in [1.82, 2.24) is 9.97 Å². The number of hydrogen-bond donors (Lipinski definition) is 1. The minimum absolute atomic E-state index is 0.0546. The number of carbonyl (C=O) groups excluding carboxylic acids is 1. The van der Waals surface area contributed by atoms with Crippen LogP contribution in [0.5, 0.6) is 0 Å². The number of benzene rings is 2. The molecule has 0 spiro atoms. The summed E-state index contributed by atoms with van der Waals surface area (Å²) in [5.41, 5.74) is 1.33. The summed E-state index contributed by atoms with van der Waals surface area (Å²) >= 11 is 1.11. The Hall–Kier alpha value is -3.26. The monoisotopic (exact) mass is 367 g/mol. The zero-order valence-corrected chi connectivity index (χ0v) is 14.2. The van der Waals surface area contributed by atoms with Gasteiger partial charge in [-0.3, -0.25) is 19.7 Å². The quantitative estimate of drug-likeness (QED) is 0.235. The summed E-state index contributed by atoms with van der Waals surface area (Å²) in [4.78, 5) is 41.2. The Morgan fingerprint density at radius 2 is 1.81 bits per heavy atom. The number of nitrogens with one attached hydrogen (secondary N) is 1. The fourth-order valence-corrected chi connectivity index (χ4v) is 3.02. The molecule has 0 radical (unpaired) electrons. The Kier molecular flexibility index (Phi) is 5.23. The standard InChI is InChI=1S/C18H13N3O4S/c22-16(13-6-8-14(9-7-13)21(24)25)11-26-18-19-15(10-17(23)20-18)12-4-2-1-3-5-12/h1-10H,11H2,(H,19,20,23). The molecule has 0 saturated carbocycles. The minimum Gasteiger partial charge on any atom is -0.301 e. The van der Waals surface area contributed by atoms with Crippen molar-refractivity contribution >= 4 is 23.2 Å². The Morgan fingerprint density at radius 3 is 2.46 bits per heavy atom. The lowest BCUT2D eigenvalue weighted by Gasteiger charge is -2.04. The third-order valence-electron chi connectivity index (χ3n) is 3.53. The molecule has 0 aliphatic heterocycles. The maximum Gasteiger partial charge on any atom is 0.269 e. The Morgan fingerprint density at radius 1 is 1.12 bits per heavy atom. The third kappa shape index (κ3) is 4.22. The average Bonchev–Trinajstić information content (AvgIpc) is 2.66. The van der Waals surface area contributed by atoms with Gasteiger partial charge >= 0.3 is 0 Å². The summed E-state index contributed by atoms with van der Waals surface area (Å²) in [6, 6.07) is 16.1. The molecule has 0 atom stereocenters. The predicted octanol–water partition coefficient (Wildman–Crippen LogP) is 3.32. The van der Waals surface area contributed by atoms with Crippen LogP contribution in [0.3, 0.4) is 0 Å². The van der Waals surface area contributed by atoms with Crippen LogP contribution in [0.4, 0.5) is 5.69 Å². The molecule has 0 amide bonds. The third-order valence-corrected chi connectivity index (χ3v) is 4.40. The van der Waals surface area contributed by atoms with Crippen molar-refractivity contribution in [2.45, 2.75) is 5.16 Å². The smallest absolute Gasteiger partial charge is 0.269 e. The molecule has 2 aromatic carbocycles. The lowest BCUT2D eigenvalue weighted by atomic mass is 10.1. The molecule has 1 heterocycles. The number of aromatic amines is 1. The first-order valence-electron chi connectivity index (χ1n) is 7.60. The van der Waals surface area contributed by atoms with E-state index in [-0.39, 0.29) is 22.8 Å². The number of thioether (sulfide) groups is 1. The molecular formula is C18H13N3O4S. The SMILES string of the molecule is O=C(CSc1nc(-c2ccccc2)cc(=O)[nH]1)c1ccc([N+](=O)[O-])cc1. The summed E-state index contributed by atoms with van der Waals surface area (Å²) in [7, 11) is 0. The van der Waals surface area contributed by atoms with Gasteiger partial charge in [0, 0.05) is 29.3 Å². The molecule has 1 aromatic heterocycles. The highest BCUT2D eigenvalue weighted by Gasteiger charge is 2.11. The van der Waals surface area contributed by atoms with Crippen LogP contribution in [0.2, 0.25) is 0 Å². The van der Waals surface area contributed by atoms with Crippen LogP contribution >= 0.6 is 11.8 Å². The molecule has 1 N–H and O–H groups in total. The van der Waals surface area contributed by atoms with Crippen LogP contribution < -0.4 is 5.56 Å². The van der Waals surface area contributed by atoms with E-state index in [0.29, 0.717) is 16.4 Å². The van der Waals surface area contributed by atoms with Gasteiger partial charge in [-0.1, -0.05) is 42.1 Å². The average molecular weight is 367 g/mol. The van der Waals surface area contributed by atoms with E-state index in [0.717, 1.165) is 17.3 Å². The highest BCUT2D eigenvalue weighted by molar-refractivity contribution is 7.99. The number of hydrogen-bond acceptors (Lipinski definition) is 6. The lowest BCUT2D eigenvalue weighted by molar-refractivity contribution is -0.384. The summed E-state index contributed by atoms with van der Waals surface area (Å²) in [6.07, 6.45) is 0. The first-order chi connectivity index (χ1) is 12.5. The lowest BCUT2D eigenvalue weighted by Crippen LogP contribution is -2.10. The van der Waals surface area contributed by atoms with Gasteiger partial charge in [0.05, 0.1) is 16.4 Å². The van der Waals surface area contributed by atoms with Gasteiger partial charge in [-0.05, 0) is 12.1 Å². The van der Waals surface area contributed by atoms with Crippen LogP contribution in [0.1, 0.15) is 10.4 Å². The van der Waals surface area contributed by atoms with E-state index in [1.807, 2.05) is 30.3 Å². The number of rotatable bonds is 6. The summed E-state index contributed by atoms with van der Waals surface area (Å²) < 4.78 is 0. The van der Waals surface area contributed by atoms with Gasteiger partial charge in [0.2, 0.25) is 0 Å². The molecule has 8 heteroatoms. The molecule has 3 aromatic rings. The Bertz CT molecular complexity index is 1000. The molecule has 0 fully saturated rings. The van der Waals surface area contributed by atoms with Crippen LogP contribution in [0.25, 0.3) is 11.3 Å². The van der Waals surface area contributed by atoms with Gasteiger partial charge in [0.1, 0.15) is 0 Å². The van der Waals surface area contributed by atoms with Gasteiger partial charge in [-0.25, -0.2) is 4.98 Å². The van der Waals surface area contributed by atoms with Gasteiger partial charge in [-0.15, -0.1) is 0 Å². The van der Waals surface area contributed by atoms with Gasteiger partial charge in [-0.2, -0.15) is 0 Å². The number of Topliss-reactive ketones (excluding diaryl/α,β-unsaturated/α-hetero) is 1. The van der Waals surface area contributed by atoms with Gasteiger partial charge in [0.25, 0.3) is 11.2 Å². The van der Waals surface area contributed by atoms with Crippen molar-refractivity contribution in [2.75, 3.05) is 5.75 Å². The fourth-order valence-electron chi connectivity index (χ4n) is 2.25. The molecule has 0 unspecified atom stereocenters. The van der Waals surface area contributed by atoms with E-state index >= 15 is 0 Å². The summed E-state index contributed by atoms with van der Waals surface area (Å²) in [6.45, 7) is 0. The topological polar surface area (TPSA) is 106 Å². The van der Waals surface area contributed by atoms with Crippen LogP contribution in [-0.4, -0.2) is 26.4 Å². The van der Waals surface area contributed by atoms with Crippen LogP contribution in [0, 0.1) is 10.1 Å². The number of carbonyl (C=O) groups is 1.